The Labute approximate surface area is 110 Å². The molecule has 1 aromatic carbocycles. The van der Waals surface area contributed by atoms with Crippen molar-refractivity contribution in [3.05, 3.63) is 34.3 Å². The molecule has 0 aromatic heterocycles. The second kappa shape index (κ2) is 5.88. The van der Waals surface area contributed by atoms with Gasteiger partial charge < -0.3 is 5.32 Å². The number of rotatable bonds is 5. The first-order chi connectivity index (χ1) is 8.22. The van der Waals surface area contributed by atoms with Gasteiger partial charge in [0.05, 0.1) is 0 Å². The summed E-state index contributed by atoms with van der Waals surface area (Å²) in [6.07, 6.45) is 5.22. The van der Waals surface area contributed by atoms with Crippen molar-refractivity contribution in [2.75, 3.05) is 6.54 Å². The molecule has 0 amide bonds. The van der Waals surface area contributed by atoms with Gasteiger partial charge in [-0.05, 0) is 55.8 Å². The fourth-order valence-corrected chi connectivity index (χ4v) is 2.84. The SMILES string of the molecule is CCCNC(c1ccc(C)cc1Cl)C1CCC1. The van der Waals surface area contributed by atoms with Crippen LogP contribution in [0, 0.1) is 12.8 Å². The Bertz CT molecular complexity index is 371. The van der Waals surface area contributed by atoms with Crippen LogP contribution in [-0.4, -0.2) is 6.54 Å². The fourth-order valence-electron chi connectivity index (χ4n) is 2.49. The van der Waals surface area contributed by atoms with E-state index in [-0.39, 0.29) is 0 Å². The smallest absolute Gasteiger partial charge is 0.0456 e. The summed E-state index contributed by atoms with van der Waals surface area (Å²) in [5.74, 6) is 0.779. The minimum Gasteiger partial charge on any atom is -0.310 e. The van der Waals surface area contributed by atoms with Crippen LogP contribution in [0.5, 0.6) is 0 Å². The Morgan fingerprint density at radius 1 is 1.41 bits per heavy atom. The summed E-state index contributed by atoms with van der Waals surface area (Å²) in [5.41, 5.74) is 2.53. The topological polar surface area (TPSA) is 12.0 Å². The molecule has 17 heavy (non-hydrogen) atoms. The predicted octanol–water partition coefficient (Wildman–Crippen LogP) is 4.49. The highest BCUT2D eigenvalue weighted by Gasteiger charge is 2.29. The lowest BCUT2D eigenvalue weighted by molar-refractivity contribution is 0.231. The van der Waals surface area contributed by atoms with E-state index in [9.17, 15) is 0 Å². The molecule has 0 saturated heterocycles. The van der Waals surface area contributed by atoms with Crippen molar-refractivity contribution in [3.63, 3.8) is 0 Å². The molecule has 1 saturated carbocycles. The van der Waals surface area contributed by atoms with Gasteiger partial charge in [-0.15, -0.1) is 0 Å². The van der Waals surface area contributed by atoms with E-state index >= 15 is 0 Å². The first kappa shape index (κ1) is 12.9. The van der Waals surface area contributed by atoms with E-state index in [1.54, 1.807) is 0 Å². The average Bonchev–Trinajstić information content (AvgIpc) is 2.22. The summed E-state index contributed by atoms with van der Waals surface area (Å²) in [6, 6.07) is 6.90. The van der Waals surface area contributed by atoms with Crippen LogP contribution in [0.1, 0.15) is 49.8 Å². The number of hydrogen-bond acceptors (Lipinski definition) is 1. The summed E-state index contributed by atoms with van der Waals surface area (Å²) >= 11 is 6.39. The van der Waals surface area contributed by atoms with E-state index in [4.69, 9.17) is 11.6 Å². The summed E-state index contributed by atoms with van der Waals surface area (Å²) in [7, 11) is 0. The summed E-state index contributed by atoms with van der Waals surface area (Å²) in [4.78, 5) is 0. The molecule has 0 radical (unpaired) electrons. The van der Waals surface area contributed by atoms with Gasteiger partial charge in [0.2, 0.25) is 0 Å². The Kier molecular flexibility index (Phi) is 4.47. The van der Waals surface area contributed by atoms with Gasteiger partial charge in [0, 0.05) is 11.1 Å². The van der Waals surface area contributed by atoms with Crippen LogP contribution in [0.15, 0.2) is 18.2 Å². The molecule has 2 heteroatoms. The molecular weight excluding hydrogens is 230 g/mol. The standard InChI is InChI=1S/C15H22ClN/c1-3-9-17-15(12-5-4-6-12)13-8-7-11(2)10-14(13)16/h7-8,10,12,15,17H,3-6,9H2,1-2H3. The average molecular weight is 252 g/mol. The van der Waals surface area contributed by atoms with Crippen LogP contribution in [0.25, 0.3) is 0 Å². The molecule has 1 unspecified atom stereocenters. The molecule has 1 fully saturated rings. The molecule has 2 rings (SSSR count). The lowest BCUT2D eigenvalue weighted by Crippen LogP contribution is -2.32. The first-order valence-corrected chi connectivity index (χ1v) is 7.09. The van der Waals surface area contributed by atoms with Gasteiger partial charge in [0.15, 0.2) is 0 Å². The van der Waals surface area contributed by atoms with Gasteiger partial charge in [0.1, 0.15) is 0 Å². The number of hydrogen-bond donors (Lipinski definition) is 1. The quantitative estimate of drug-likeness (QED) is 0.813. The third-order valence-corrected chi connectivity index (χ3v) is 4.05. The molecule has 0 bridgehead atoms. The van der Waals surface area contributed by atoms with Gasteiger partial charge in [-0.3, -0.25) is 0 Å². The molecule has 1 atom stereocenters. The molecule has 1 aromatic rings. The van der Waals surface area contributed by atoms with Crippen molar-refractivity contribution >= 4 is 11.6 Å². The van der Waals surface area contributed by atoms with Crippen LogP contribution in [0.2, 0.25) is 5.02 Å². The molecule has 0 spiro atoms. The molecular formula is C15H22ClN. The van der Waals surface area contributed by atoms with Crippen LogP contribution in [-0.2, 0) is 0 Å². The van der Waals surface area contributed by atoms with Gasteiger partial charge in [-0.25, -0.2) is 0 Å². The Morgan fingerprint density at radius 2 is 2.18 bits per heavy atom. The zero-order valence-electron chi connectivity index (χ0n) is 10.8. The number of benzene rings is 1. The Hall–Kier alpha value is -0.530. The molecule has 1 nitrogen and oxygen atoms in total. The zero-order valence-corrected chi connectivity index (χ0v) is 11.6. The van der Waals surface area contributed by atoms with Crippen molar-refractivity contribution in [2.24, 2.45) is 5.92 Å². The van der Waals surface area contributed by atoms with Crippen LogP contribution >= 0.6 is 11.6 Å². The van der Waals surface area contributed by atoms with Crippen molar-refractivity contribution in [1.82, 2.24) is 5.32 Å². The van der Waals surface area contributed by atoms with E-state index in [0.29, 0.717) is 6.04 Å². The highest BCUT2D eigenvalue weighted by atomic mass is 35.5. The van der Waals surface area contributed by atoms with Crippen LogP contribution in [0.4, 0.5) is 0 Å². The zero-order chi connectivity index (χ0) is 12.3. The van der Waals surface area contributed by atoms with Crippen molar-refractivity contribution in [1.29, 1.82) is 0 Å². The minimum atomic E-state index is 0.455. The van der Waals surface area contributed by atoms with Gasteiger partial charge in [-0.1, -0.05) is 37.1 Å². The minimum absolute atomic E-state index is 0.455. The Morgan fingerprint density at radius 3 is 2.71 bits per heavy atom. The number of halogens is 1. The van der Waals surface area contributed by atoms with Gasteiger partial charge in [0.25, 0.3) is 0 Å². The summed E-state index contributed by atoms with van der Waals surface area (Å²) in [6.45, 7) is 5.38. The monoisotopic (exact) mass is 251 g/mol. The van der Waals surface area contributed by atoms with Crippen molar-refractivity contribution < 1.29 is 0 Å². The molecule has 1 N–H and O–H groups in total. The second-order valence-corrected chi connectivity index (χ2v) is 5.55. The largest absolute Gasteiger partial charge is 0.310 e. The van der Waals surface area contributed by atoms with E-state index in [2.05, 4.69) is 37.4 Å². The predicted molar refractivity (Wildman–Crippen MR) is 74.6 cm³/mol. The summed E-state index contributed by atoms with van der Waals surface area (Å²) < 4.78 is 0. The molecule has 0 aliphatic heterocycles. The van der Waals surface area contributed by atoms with Gasteiger partial charge >= 0.3 is 0 Å². The summed E-state index contributed by atoms with van der Waals surface area (Å²) in [5, 5.41) is 4.59. The maximum Gasteiger partial charge on any atom is 0.0456 e. The number of aryl methyl sites for hydroxylation is 1. The van der Waals surface area contributed by atoms with Crippen LogP contribution < -0.4 is 5.32 Å². The van der Waals surface area contributed by atoms with E-state index in [0.717, 1.165) is 17.5 Å². The third-order valence-electron chi connectivity index (χ3n) is 3.73. The lowest BCUT2D eigenvalue weighted by Gasteiger charge is -2.35. The fraction of sp³-hybridized carbons (Fsp3) is 0.600. The Balaban J connectivity index is 2.17. The van der Waals surface area contributed by atoms with E-state index in [1.807, 2.05) is 0 Å². The second-order valence-electron chi connectivity index (χ2n) is 5.15. The van der Waals surface area contributed by atoms with Gasteiger partial charge in [-0.2, -0.15) is 0 Å². The molecule has 1 aliphatic rings. The van der Waals surface area contributed by atoms with E-state index in [1.165, 1.54) is 36.8 Å². The van der Waals surface area contributed by atoms with E-state index < -0.39 is 0 Å². The normalized spacial score (nSPS) is 17.8. The first-order valence-electron chi connectivity index (χ1n) is 6.71. The van der Waals surface area contributed by atoms with Crippen molar-refractivity contribution in [2.45, 2.75) is 45.6 Å². The molecule has 0 heterocycles. The maximum absolute atomic E-state index is 6.39. The highest BCUT2D eigenvalue weighted by Crippen LogP contribution is 2.40. The molecule has 1 aliphatic carbocycles. The van der Waals surface area contributed by atoms with Crippen LogP contribution in [0.3, 0.4) is 0 Å². The molecule has 94 valence electrons. The number of nitrogens with one attached hydrogen (secondary N) is 1. The maximum atomic E-state index is 6.39. The van der Waals surface area contributed by atoms with Crippen molar-refractivity contribution in [3.8, 4) is 0 Å². The lowest BCUT2D eigenvalue weighted by atomic mass is 9.77. The third kappa shape index (κ3) is 3.02. The highest BCUT2D eigenvalue weighted by molar-refractivity contribution is 6.31.